The van der Waals surface area contributed by atoms with Crippen molar-refractivity contribution >= 4 is 0 Å². The fraction of sp³-hybridized carbons (Fsp3) is 0.625. The molecule has 0 bridgehead atoms. The highest BCUT2D eigenvalue weighted by Crippen LogP contribution is 2.23. The molecule has 0 radical (unpaired) electrons. The minimum absolute atomic E-state index is 0.398. The summed E-state index contributed by atoms with van der Waals surface area (Å²) < 4.78 is 10.6. The van der Waals surface area contributed by atoms with E-state index < -0.39 is 0 Å². The average Bonchev–Trinajstić information content (AvgIpc) is 2.46. The van der Waals surface area contributed by atoms with Crippen molar-refractivity contribution in [2.24, 2.45) is 11.7 Å². The van der Waals surface area contributed by atoms with Crippen LogP contribution in [0, 0.1) is 5.92 Å². The Bertz CT molecular complexity index is 372. The fourth-order valence-corrected chi connectivity index (χ4v) is 2.18. The summed E-state index contributed by atoms with van der Waals surface area (Å²) in [5.41, 5.74) is 6.98. The first kappa shape index (κ1) is 16.8. The minimum Gasteiger partial charge on any atom is -0.497 e. The van der Waals surface area contributed by atoms with Crippen LogP contribution < -0.4 is 20.5 Å². The van der Waals surface area contributed by atoms with E-state index in [1.165, 1.54) is 5.56 Å². The molecule has 0 aliphatic rings. The summed E-state index contributed by atoms with van der Waals surface area (Å²) in [6.45, 7) is 6.04. The lowest BCUT2D eigenvalue weighted by atomic mass is 10.0. The summed E-state index contributed by atoms with van der Waals surface area (Å²) >= 11 is 0. The summed E-state index contributed by atoms with van der Waals surface area (Å²) in [6.07, 6.45) is 2.06. The molecule has 0 saturated heterocycles. The molecule has 1 aromatic rings. The lowest BCUT2D eigenvalue weighted by Gasteiger charge is -2.20. The van der Waals surface area contributed by atoms with Gasteiger partial charge in [-0.25, -0.2) is 0 Å². The molecule has 1 atom stereocenters. The van der Waals surface area contributed by atoms with Gasteiger partial charge in [0.1, 0.15) is 11.5 Å². The largest absolute Gasteiger partial charge is 0.497 e. The maximum Gasteiger partial charge on any atom is 0.122 e. The summed E-state index contributed by atoms with van der Waals surface area (Å²) in [5.74, 6) is 2.25. The molecule has 0 aromatic heterocycles. The van der Waals surface area contributed by atoms with Crippen LogP contribution in [0.5, 0.6) is 11.5 Å². The summed E-state index contributed by atoms with van der Waals surface area (Å²) in [5, 5.41) is 3.51. The number of nitrogens with one attached hydrogen (secondary N) is 1. The van der Waals surface area contributed by atoms with Crippen LogP contribution in [0.1, 0.15) is 25.8 Å². The number of hydrogen-bond donors (Lipinski definition) is 2. The van der Waals surface area contributed by atoms with Crippen molar-refractivity contribution in [3.8, 4) is 11.5 Å². The molecule has 0 fully saturated rings. The van der Waals surface area contributed by atoms with E-state index in [9.17, 15) is 0 Å². The molecule has 3 N–H and O–H groups in total. The molecule has 0 heterocycles. The Morgan fingerprint density at radius 1 is 1.10 bits per heavy atom. The lowest BCUT2D eigenvalue weighted by molar-refractivity contribution is 0.392. The second-order valence-electron chi connectivity index (χ2n) is 5.36. The minimum atomic E-state index is 0.398. The monoisotopic (exact) mass is 280 g/mol. The van der Waals surface area contributed by atoms with Gasteiger partial charge in [0.25, 0.3) is 0 Å². The zero-order valence-corrected chi connectivity index (χ0v) is 13.1. The van der Waals surface area contributed by atoms with Crippen LogP contribution in [-0.2, 0) is 6.42 Å². The van der Waals surface area contributed by atoms with Crippen molar-refractivity contribution in [2.75, 3.05) is 27.3 Å². The Kier molecular flexibility index (Phi) is 7.41. The van der Waals surface area contributed by atoms with Crippen molar-refractivity contribution in [2.45, 2.75) is 32.7 Å². The normalized spacial score (nSPS) is 12.5. The Balaban J connectivity index is 2.45. The predicted molar refractivity (Wildman–Crippen MR) is 83.6 cm³/mol. The molecule has 1 rings (SSSR count). The van der Waals surface area contributed by atoms with Gasteiger partial charge in [-0.05, 0) is 43.0 Å². The highest BCUT2D eigenvalue weighted by atomic mass is 16.5. The number of hydrogen-bond acceptors (Lipinski definition) is 4. The highest BCUT2D eigenvalue weighted by Gasteiger charge is 2.09. The molecule has 20 heavy (non-hydrogen) atoms. The summed E-state index contributed by atoms with van der Waals surface area (Å²) in [6, 6.07) is 6.41. The van der Waals surface area contributed by atoms with E-state index in [-0.39, 0.29) is 0 Å². The van der Waals surface area contributed by atoms with Crippen LogP contribution in [0.4, 0.5) is 0 Å². The van der Waals surface area contributed by atoms with E-state index >= 15 is 0 Å². The van der Waals surface area contributed by atoms with Crippen LogP contribution in [0.2, 0.25) is 0 Å². The van der Waals surface area contributed by atoms with E-state index in [2.05, 4.69) is 31.3 Å². The van der Waals surface area contributed by atoms with Gasteiger partial charge in [0.15, 0.2) is 0 Å². The van der Waals surface area contributed by atoms with Gasteiger partial charge in [0.2, 0.25) is 0 Å². The van der Waals surface area contributed by atoms with E-state index in [1.54, 1.807) is 14.2 Å². The number of benzene rings is 1. The Morgan fingerprint density at radius 3 is 2.15 bits per heavy atom. The molecule has 0 amide bonds. The third-order valence-electron chi connectivity index (χ3n) is 3.52. The smallest absolute Gasteiger partial charge is 0.122 e. The zero-order valence-electron chi connectivity index (χ0n) is 13.1. The van der Waals surface area contributed by atoms with Crippen LogP contribution in [0.25, 0.3) is 0 Å². The Labute approximate surface area is 122 Å². The Hall–Kier alpha value is -1.26. The number of aryl methyl sites for hydroxylation is 1. The predicted octanol–water partition coefficient (Wildman–Crippen LogP) is 2.21. The summed E-state index contributed by atoms with van der Waals surface area (Å²) in [7, 11) is 3.35. The third-order valence-corrected chi connectivity index (χ3v) is 3.52. The first-order chi connectivity index (χ1) is 9.60. The van der Waals surface area contributed by atoms with Gasteiger partial charge >= 0.3 is 0 Å². The third kappa shape index (κ3) is 5.39. The van der Waals surface area contributed by atoms with Gasteiger partial charge in [0.05, 0.1) is 14.2 Å². The van der Waals surface area contributed by atoms with E-state index in [0.29, 0.717) is 18.5 Å². The Morgan fingerprint density at radius 2 is 1.70 bits per heavy atom. The molecule has 114 valence electrons. The highest BCUT2D eigenvalue weighted by molar-refractivity contribution is 5.38. The topological polar surface area (TPSA) is 56.5 Å². The second-order valence-corrected chi connectivity index (χ2v) is 5.36. The number of ether oxygens (including phenoxy) is 2. The summed E-state index contributed by atoms with van der Waals surface area (Å²) in [4.78, 5) is 0. The number of methoxy groups -OCH3 is 2. The molecule has 0 saturated carbocycles. The lowest BCUT2D eigenvalue weighted by Crippen LogP contribution is -2.40. The van der Waals surface area contributed by atoms with Gasteiger partial charge in [0, 0.05) is 18.7 Å². The number of rotatable bonds is 9. The van der Waals surface area contributed by atoms with Gasteiger partial charge in [-0.1, -0.05) is 13.8 Å². The van der Waals surface area contributed by atoms with Crippen molar-refractivity contribution in [3.05, 3.63) is 23.8 Å². The number of nitrogens with two attached hydrogens (primary N) is 1. The maximum atomic E-state index is 5.75. The van der Waals surface area contributed by atoms with Gasteiger partial charge in [-0.2, -0.15) is 0 Å². The van der Waals surface area contributed by atoms with E-state index in [4.69, 9.17) is 15.2 Å². The molecule has 0 aliphatic heterocycles. The first-order valence-electron chi connectivity index (χ1n) is 7.26. The second kappa shape index (κ2) is 8.82. The zero-order chi connectivity index (χ0) is 15.0. The van der Waals surface area contributed by atoms with Gasteiger partial charge in [-0.15, -0.1) is 0 Å². The average molecular weight is 280 g/mol. The van der Waals surface area contributed by atoms with Gasteiger partial charge < -0.3 is 20.5 Å². The van der Waals surface area contributed by atoms with Crippen molar-refractivity contribution < 1.29 is 9.47 Å². The fourth-order valence-electron chi connectivity index (χ4n) is 2.18. The molecule has 4 heteroatoms. The molecule has 0 spiro atoms. The molecule has 1 unspecified atom stereocenters. The SMILES string of the molecule is COc1cc(CCCNC(CN)C(C)C)cc(OC)c1. The quantitative estimate of drug-likeness (QED) is 0.681. The molecular weight excluding hydrogens is 252 g/mol. The molecule has 1 aromatic carbocycles. The standard InChI is InChI=1S/C16H28N2O2/c1-12(2)16(11-17)18-7-5-6-13-8-14(19-3)10-15(9-13)20-4/h8-10,12,16,18H,5-7,11,17H2,1-4H3. The van der Waals surface area contributed by atoms with Crippen molar-refractivity contribution in [1.29, 1.82) is 0 Å². The van der Waals surface area contributed by atoms with Crippen LogP contribution >= 0.6 is 0 Å². The molecule has 4 nitrogen and oxygen atoms in total. The van der Waals surface area contributed by atoms with Crippen LogP contribution in [-0.4, -0.2) is 33.4 Å². The first-order valence-corrected chi connectivity index (χ1v) is 7.26. The maximum absolute atomic E-state index is 5.75. The van der Waals surface area contributed by atoms with Crippen LogP contribution in [0.15, 0.2) is 18.2 Å². The van der Waals surface area contributed by atoms with E-state index in [1.807, 2.05) is 6.07 Å². The van der Waals surface area contributed by atoms with Crippen molar-refractivity contribution in [1.82, 2.24) is 5.32 Å². The van der Waals surface area contributed by atoms with Crippen LogP contribution in [0.3, 0.4) is 0 Å². The molecular formula is C16H28N2O2. The van der Waals surface area contributed by atoms with E-state index in [0.717, 1.165) is 30.9 Å². The van der Waals surface area contributed by atoms with Gasteiger partial charge in [-0.3, -0.25) is 0 Å². The molecule has 0 aliphatic carbocycles. The van der Waals surface area contributed by atoms with Crippen molar-refractivity contribution in [3.63, 3.8) is 0 Å².